The first-order valence-corrected chi connectivity index (χ1v) is 6.82. The Morgan fingerprint density at radius 1 is 1.26 bits per heavy atom. The first-order chi connectivity index (χ1) is 10.6. The Hall–Kier alpha value is -2.64. The summed E-state index contributed by atoms with van der Waals surface area (Å²) >= 11 is 0. The molecule has 3 N–H and O–H groups in total. The standard InChI is InChI=1S/C15H18FN3O4/c1-6(20)23-11-7-9(8(16)10(21)12(11)22-5)18-14(15(2,3)4)19-13(7)17/h21H,1-5H3,(H2,17,18,19). The second-order valence-electron chi connectivity index (χ2n) is 6.02. The Bertz CT molecular complexity index is 800. The summed E-state index contributed by atoms with van der Waals surface area (Å²) in [6.45, 7) is 6.66. The quantitative estimate of drug-likeness (QED) is 0.645. The van der Waals surface area contributed by atoms with Gasteiger partial charge in [-0.2, -0.15) is 0 Å². The first-order valence-electron chi connectivity index (χ1n) is 6.82. The zero-order chi connectivity index (χ0) is 17.5. The molecule has 8 heteroatoms. The molecule has 2 rings (SSSR count). The Morgan fingerprint density at radius 2 is 1.87 bits per heavy atom. The summed E-state index contributed by atoms with van der Waals surface area (Å²) in [5.41, 5.74) is 5.19. The highest BCUT2D eigenvalue weighted by Crippen LogP contribution is 2.46. The number of phenolic OH excluding ortho intramolecular Hbond substituents is 1. The number of hydrogen-bond donors (Lipinski definition) is 2. The van der Waals surface area contributed by atoms with Gasteiger partial charge < -0.3 is 20.3 Å². The maximum Gasteiger partial charge on any atom is 0.308 e. The molecule has 0 aliphatic carbocycles. The van der Waals surface area contributed by atoms with Crippen molar-refractivity contribution in [2.75, 3.05) is 12.8 Å². The van der Waals surface area contributed by atoms with Gasteiger partial charge in [0.15, 0.2) is 11.6 Å². The minimum Gasteiger partial charge on any atom is -0.502 e. The predicted molar refractivity (Wildman–Crippen MR) is 82.1 cm³/mol. The number of halogens is 1. The number of aromatic nitrogens is 2. The van der Waals surface area contributed by atoms with Gasteiger partial charge in [0.25, 0.3) is 0 Å². The second kappa shape index (κ2) is 5.53. The molecular formula is C15H18FN3O4. The number of fused-ring (bicyclic) bond motifs is 1. The van der Waals surface area contributed by atoms with Crippen molar-refractivity contribution in [2.45, 2.75) is 33.1 Å². The molecule has 7 nitrogen and oxygen atoms in total. The number of anilines is 1. The van der Waals surface area contributed by atoms with Crippen molar-refractivity contribution in [3.63, 3.8) is 0 Å². The van der Waals surface area contributed by atoms with Crippen molar-refractivity contribution in [2.24, 2.45) is 0 Å². The number of nitrogen functional groups attached to an aromatic ring is 1. The number of rotatable bonds is 2. The Kier molecular flexibility index (Phi) is 4.02. The highest BCUT2D eigenvalue weighted by Gasteiger charge is 2.28. The number of ether oxygens (including phenoxy) is 2. The molecule has 0 bridgehead atoms. The Morgan fingerprint density at radius 3 is 2.35 bits per heavy atom. The normalized spacial score (nSPS) is 11.6. The number of nitrogens with zero attached hydrogens (tertiary/aromatic N) is 2. The summed E-state index contributed by atoms with van der Waals surface area (Å²) in [7, 11) is 1.20. The van der Waals surface area contributed by atoms with E-state index >= 15 is 0 Å². The maximum atomic E-state index is 14.5. The van der Waals surface area contributed by atoms with Crippen molar-refractivity contribution in [3.8, 4) is 17.2 Å². The highest BCUT2D eigenvalue weighted by atomic mass is 19.1. The van der Waals surface area contributed by atoms with Gasteiger partial charge in [0, 0.05) is 12.3 Å². The molecule has 1 heterocycles. The number of methoxy groups -OCH3 is 1. The van der Waals surface area contributed by atoms with Crippen molar-refractivity contribution in [1.29, 1.82) is 0 Å². The van der Waals surface area contributed by atoms with Crippen LogP contribution in [0.3, 0.4) is 0 Å². The lowest BCUT2D eigenvalue weighted by Gasteiger charge is -2.20. The molecule has 0 unspecified atom stereocenters. The molecule has 0 saturated carbocycles. The SMILES string of the molecule is COc1c(O)c(F)c2nc(C(C)(C)C)nc(N)c2c1OC(C)=O. The molecule has 0 fully saturated rings. The average molecular weight is 323 g/mol. The molecule has 1 aromatic carbocycles. The molecule has 0 radical (unpaired) electrons. The van der Waals surface area contributed by atoms with Gasteiger partial charge in [-0.3, -0.25) is 4.79 Å². The van der Waals surface area contributed by atoms with Crippen LogP contribution in [0.4, 0.5) is 10.2 Å². The third kappa shape index (κ3) is 2.84. The number of benzene rings is 1. The summed E-state index contributed by atoms with van der Waals surface area (Å²) in [6, 6.07) is 0. The minimum absolute atomic E-state index is 0.0275. The van der Waals surface area contributed by atoms with E-state index in [9.17, 15) is 14.3 Å². The van der Waals surface area contributed by atoms with Crippen molar-refractivity contribution < 1.29 is 23.8 Å². The van der Waals surface area contributed by atoms with Gasteiger partial charge in [-0.15, -0.1) is 0 Å². The zero-order valence-corrected chi connectivity index (χ0v) is 13.5. The van der Waals surface area contributed by atoms with Crippen LogP contribution >= 0.6 is 0 Å². The molecule has 0 atom stereocenters. The Labute approximate surface area is 132 Å². The zero-order valence-electron chi connectivity index (χ0n) is 13.5. The van der Waals surface area contributed by atoms with E-state index in [2.05, 4.69) is 9.97 Å². The van der Waals surface area contributed by atoms with Crippen LogP contribution in [0.15, 0.2) is 0 Å². The van der Waals surface area contributed by atoms with Gasteiger partial charge in [-0.25, -0.2) is 14.4 Å². The van der Waals surface area contributed by atoms with Gasteiger partial charge in [0.1, 0.15) is 17.2 Å². The summed E-state index contributed by atoms with van der Waals surface area (Å²) in [5.74, 6) is -2.86. The van der Waals surface area contributed by atoms with E-state index in [-0.39, 0.29) is 28.2 Å². The topological polar surface area (TPSA) is 108 Å². The van der Waals surface area contributed by atoms with Crippen molar-refractivity contribution >= 4 is 22.7 Å². The van der Waals surface area contributed by atoms with Crippen LogP contribution in [0.25, 0.3) is 10.9 Å². The van der Waals surface area contributed by atoms with Crippen LogP contribution in [-0.2, 0) is 10.2 Å². The fourth-order valence-corrected chi connectivity index (χ4v) is 2.06. The third-order valence-electron chi connectivity index (χ3n) is 3.12. The largest absolute Gasteiger partial charge is 0.502 e. The fraction of sp³-hybridized carbons (Fsp3) is 0.400. The number of nitrogens with two attached hydrogens (primary N) is 1. The number of hydrogen-bond acceptors (Lipinski definition) is 7. The monoisotopic (exact) mass is 323 g/mol. The molecule has 0 spiro atoms. The van der Waals surface area contributed by atoms with Crippen molar-refractivity contribution in [1.82, 2.24) is 9.97 Å². The summed E-state index contributed by atoms with van der Waals surface area (Å²) < 4.78 is 24.5. The molecular weight excluding hydrogens is 305 g/mol. The fourth-order valence-electron chi connectivity index (χ4n) is 2.06. The molecule has 0 aliphatic heterocycles. The van der Waals surface area contributed by atoms with Gasteiger partial charge in [-0.1, -0.05) is 20.8 Å². The molecule has 0 saturated heterocycles. The van der Waals surface area contributed by atoms with Gasteiger partial charge in [-0.05, 0) is 0 Å². The van der Waals surface area contributed by atoms with Crippen LogP contribution in [0.5, 0.6) is 17.2 Å². The van der Waals surface area contributed by atoms with E-state index in [4.69, 9.17) is 15.2 Å². The number of phenols is 1. The maximum absolute atomic E-state index is 14.5. The van der Waals surface area contributed by atoms with E-state index in [1.54, 1.807) is 0 Å². The first kappa shape index (κ1) is 16.7. The summed E-state index contributed by atoms with van der Waals surface area (Å²) in [5, 5.41) is 9.95. The van der Waals surface area contributed by atoms with Gasteiger partial charge in [0.05, 0.1) is 12.5 Å². The van der Waals surface area contributed by atoms with Gasteiger partial charge >= 0.3 is 5.97 Å². The molecule has 124 valence electrons. The minimum atomic E-state index is -1.02. The van der Waals surface area contributed by atoms with E-state index in [0.717, 1.165) is 6.92 Å². The molecule has 0 amide bonds. The number of aromatic hydroxyl groups is 1. The summed E-state index contributed by atoms with van der Waals surface area (Å²) in [6.07, 6.45) is 0. The van der Waals surface area contributed by atoms with Gasteiger partial charge in [0.2, 0.25) is 11.5 Å². The lowest BCUT2D eigenvalue weighted by Crippen LogP contribution is -2.18. The van der Waals surface area contributed by atoms with E-state index in [0.29, 0.717) is 5.82 Å². The highest BCUT2D eigenvalue weighted by molar-refractivity contribution is 5.99. The third-order valence-corrected chi connectivity index (χ3v) is 3.12. The second-order valence-corrected chi connectivity index (χ2v) is 6.02. The van der Waals surface area contributed by atoms with Crippen LogP contribution in [0.1, 0.15) is 33.5 Å². The van der Waals surface area contributed by atoms with Crippen molar-refractivity contribution in [3.05, 3.63) is 11.6 Å². The lowest BCUT2D eigenvalue weighted by molar-refractivity contribution is -0.131. The number of esters is 1. The van der Waals surface area contributed by atoms with E-state index in [1.807, 2.05) is 20.8 Å². The molecule has 0 aliphatic rings. The van der Waals surface area contributed by atoms with Crippen LogP contribution in [-0.4, -0.2) is 28.2 Å². The van der Waals surface area contributed by atoms with E-state index < -0.39 is 23.0 Å². The van der Waals surface area contributed by atoms with E-state index in [1.165, 1.54) is 7.11 Å². The van der Waals surface area contributed by atoms with Crippen LogP contribution < -0.4 is 15.2 Å². The summed E-state index contributed by atoms with van der Waals surface area (Å²) in [4.78, 5) is 19.6. The molecule has 2 aromatic rings. The number of carbonyl (C=O) groups is 1. The lowest BCUT2D eigenvalue weighted by atomic mass is 9.95. The Balaban J connectivity index is 2.97. The smallest absolute Gasteiger partial charge is 0.308 e. The number of carbonyl (C=O) groups excluding carboxylic acids is 1. The van der Waals surface area contributed by atoms with Crippen LogP contribution in [0.2, 0.25) is 0 Å². The van der Waals surface area contributed by atoms with Crippen LogP contribution in [0, 0.1) is 5.82 Å². The molecule has 1 aromatic heterocycles. The molecule has 23 heavy (non-hydrogen) atoms. The average Bonchev–Trinajstić information content (AvgIpc) is 2.42. The predicted octanol–water partition coefficient (Wildman–Crippen LogP) is 2.29.